The van der Waals surface area contributed by atoms with Crippen LogP contribution >= 0.6 is 11.8 Å². The summed E-state index contributed by atoms with van der Waals surface area (Å²) in [6, 6.07) is 40.0. The summed E-state index contributed by atoms with van der Waals surface area (Å²) >= 11 is 1.79. The third-order valence-corrected chi connectivity index (χ3v) is 9.51. The normalized spacial score (nSPS) is 13.0. The van der Waals surface area contributed by atoms with Gasteiger partial charge in [-0.3, -0.25) is 4.90 Å². The second-order valence-electron chi connectivity index (χ2n) is 11.4. The van der Waals surface area contributed by atoms with Gasteiger partial charge in [0.1, 0.15) is 12.1 Å². The van der Waals surface area contributed by atoms with Crippen LogP contribution in [0.2, 0.25) is 0 Å². The van der Waals surface area contributed by atoms with Crippen molar-refractivity contribution in [3.63, 3.8) is 0 Å². The second kappa shape index (κ2) is 10.4. The minimum Gasteiger partial charge on any atom is -0.453 e. The molecule has 0 spiro atoms. The van der Waals surface area contributed by atoms with Crippen molar-refractivity contribution in [1.29, 1.82) is 0 Å². The summed E-state index contributed by atoms with van der Waals surface area (Å²) in [6.07, 6.45) is 9.43. The van der Waals surface area contributed by atoms with Crippen LogP contribution in [0.3, 0.4) is 0 Å². The number of ether oxygens (including phenoxy) is 1. The zero-order chi connectivity index (χ0) is 30.8. The Morgan fingerprint density at radius 1 is 0.674 bits per heavy atom. The number of aryl methyl sites for hydroxylation is 2. The van der Waals surface area contributed by atoms with Crippen molar-refractivity contribution in [2.45, 2.75) is 16.7 Å². The molecule has 0 radical (unpaired) electrons. The lowest BCUT2D eigenvalue weighted by Gasteiger charge is -2.36. The van der Waals surface area contributed by atoms with Crippen molar-refractivity contribution < 1.29 is 9.30 Å². The van der Waals surface area contributed by atoms with E-state index in [2.05, 4.69) is 123 Å². The molecule has 7 nitrogen and oxygen atoms in total. The van der Waals surface area contributed by atoms with E-state index in [9.17, 15) is 0 Å². The molecular formula is C38H28N6OS. The van der Waals surface area contributed by atoms with Crippen molar-refractivity contribution in [3.8, 4) is 22.9 Å². The predicted molar refractivity (Wildman–Crippen MR) is 181 cm³/mol. The number of imidazole rings is 2. The fraction of sp³-hybridized carbons (Fsp3) is 0.0526. The van der Waals surface area contributed by atoms with Gasteiger partial charge < -0.3 is 23.3 Å². The fourth-order valence-electron chi connectivity index (χ4n) is 6.32. The number of para-hydroxylation sites is 4. The summed E-state index contributed by atoms with van der Waals surface area (Å²) in [5, 5.41) is 0. The number of hydrogen-bond donors (Lipinski definition) is 0. The Morgan fingerprint density at radius 3 is 2.24 bits per heavy atom. The van der Waals surface area contributed by atoms with Gasteiger partial charge in [-0.15, -0.1) is 0 Å². The lowest BCUT2D eigenvalue weighted by Crippen LogP contribution is -2.24. The summed E-state index contributed by atoms with van der Waals surface area (Å²) in [4.78, 5) is 11.8. The molecule has 7 aromatic rings. The SMILES string of the molecule is Cc1c[n+](C)[c-]n1-c1ccc2c(c1)N(c1ccc3c(c1)N(c1cn(-c4ccccc4)cn1)c1ccccc1S3)c1ccccc1O2. The largest absolute Gasteiger partial charge is 0.453 e. The highest BCUT2D eigenvalue weighted by Gasteiger charge is 2.30. The van der Waals surface area contributed by atoms with Gasteiger partial charge in [0.2, 0.25) is 6.33 Å². The molecule has 2 aliphatic rings. The first-order valence-corrected chi connectivity index (χ1v) is 15.9. The van der Waals surface area contributed by atoms with Crippen LogP contribution in [-0.4, -0.2) is 14.1 Å². The molecule has 0 atom stereocenters. The van der Waals surface area contributed by atoms with Gasteiger partial charge in [-0.25, -0.2) is 4.98 Å². The molecule has 0 unspecified atom stereocenters. The van der Waals surface area contributed by atoms with Crippen molar-refractivity contribution in [3.05, 3.63) is 146 Å². The third-order valence-electron chi connectivity index (χ3n) is 8.38. The maximum atomic E-state index is 6.46. The first kappa shape index (κ1) is 26.7. The van der Waals surface area contributed by atoms with Crippen LogP contribution in [0.15, 0.2) is 144 Å². The summed E-state index contributed by atoms with van der Waals surface area (Å²) < 4.78 is 12.5. The standard InChI is InChI=1S/C38H28N6OS/c1-26-22-40(2)25-42(26)28-16-18-35-32(20-28)43(30-12-6-8-14-34(30)45-35)29-17-19-37-33(21-29)44(31-13-7-9-15-36(31)46-37)38-23-41(24-39-38)27-10-4-3-5-11-27/h3-24H,1-2H3. The number of benzene rings is 5. The number of hydrogen-bond acceptors (Lipinski definition) is 5. The Labute approximate surface area is 271 Å². The van der Waals surface area contributed by atoms with Gasteiger partial charge in [0.15, 0.2) is 11.6 Å². The molecule has 0 N–H and O–H groups in total. The highest BCUT2D eigenvalue weighted by molar-refractivity contribution is 7.99. The van der Waals surface area contributed by atoms with Crippen LogP contribution in [0.4, 0.5) is 34.3 Å². The average molecular weight is 617 g/mol. The third kappa shape index (κ3) is 4.29. The van der Waals surface area contributed by atoms with E-state index in [4.69, 9.17) is 9.72 Å². The van der Waals surface area contributed by atoms with Crippen molar-refractivity contribution in [2.24, 2.45) is 7.05 Å². The summed E-state index contributed by atoms with van der Waals surface area (Å²) in [5.41, 5.74) is 8.32. The maximum Gasteiger partial charge on any atom is 0.243 e. The van der Waals surface area contributed by atoms with E-state index in [0.29, 0.717) is 0 Å². The average Bonchev–Trinajstić information content (AvgIpc) is 3.72. The molecule has 0 saturated carbocycles. The molecule has 0 fully saturated rings. The van der Waals surface area contributed by atoms with Gasteiger partial charge in [0, 0.05) is 33.1 Å². The minimum absolute atomic E-state index is 0.799. The van der Waals surface area contributed by atoms with Gasteiger partial charge in [-0.05, 0) is 73.7 Å². The van der Waals surface area contributed by atoms with Gasteiger partial charge in [-0.1, -0.05) is 60.3 Å². The van der Waals surface area contributed by atoms with E-state index in [1.54, 1.807) is 11.8 Å². The molecule has 2 aliphatic heterocycles. The number of rotatable bonds is 4. The number of aromatic nitrogens is 4. The van der Waals surface area contributed by atoms with Crippen molar-refractivity contribution in [2.75, 3.05) is 9.80 Å². The van der Waals surface area contributed by atoms with E-state index in [0.717, 1.165) is 67.7 Å². The molecule has 0 bridgehead atoms. The molecule has 0 aliphatic carbocycles. The Kier molecular flexibility index (Phi) is 6.04. The molecule has 8 heteroatoms. The molecule has 2 aromatic heterocycles. The van der Waals surface area contributed by atoms with Crippen LogP contribution in [0, 0.1) is 13.3 Å². The quantitative estimate of drug-likeness (QED) is 0.146. The first-order chi connectivity index (χ1) is 22.6. The van der Waals surface area contributed by atoms with E-state index in [1.807, 2.05) is 54.3 Å². The van der Waals surface area contributed by atoms with E-state index in [-0.39, 0.29) is 0 Å². The molecule has 46 heavy (non-hydrogen) atoms. The Hall–Kier alpha value is -5.73. The van der Waals surface area contributed by atoms with Gasteiger partial charge >= 0.3 is 0 Å². The Bertz CT molecular complexity index is 2270. The molecule has 0 amide bonds. The van der Waals surface area contributed by atoms with E-state index < -0.39 is 0 Å². The molecule has 4 heterocycles. The van der Waals surface area contributed by atoms with E-state index >= 15 is 0 Å². The monoisotopic (exact) mass is 616 g/mol. The Balaban J connectivity index is 1.21. The smallest absolute Gasteiger partial charge is 0.243 e. The van der Waals surface area contributed by atoms with Crippen LogP contribution in [-0.2, 0) is 7.05 Å². The van der Waals surface area contributed by atoms with Crippen LogP contribution < -0.4 is 19.1 Å². The molecule has 222 valence electrons. The topological polar surface area (TPSA) is 42.3 Å². The maximum absolute atomic E-state index is 6.46. The Morgan fingerprint density at radius 2 is 1.39 bits per heavy atom. The predicted octanol–water partition coefficient (Wildman–Crippen LogP) is 9.11. The molecular weight excluding hydrogens is 589 g/mol. The highest BCUT2D eigenvalue weighted by Crippen LogP contribution is 2.55. The van der Waals surface area contributed by atoms with Gasteiger partial charge in [-0.2, -0.15) is 0 Å². The number of anilines is 6. The minimum atomic E-state index is 0.799. The highest BCUT2D eigenvalue weighted by atomic mass is 32.2. The lowest BCUT2D eigenvalue weighted by atomic mass is 10.1. The first-order valence-electron chi connectivity index (χ1n) is 15.1. The molecule has 9 rings (SSSR count). The van der Waals surface area contributed by atoms with Crippen LogP contribution in [0.25, 0.3) is 11.4 Å². The fourth-order valence-corrected chi connectivity index (χ4v) is 7.36. The zero-order valence-corrected chi connectivity index (χ0v) is 26.0. The van der Waals surface area contributed by atoms with Crippen molar-refractivity contribution >= 4 is 46.0 Å². The van der Waals surface area contributed by atoms with Crippen molar-refractivity contribution in [1.82, 2.24) is 14.1 Å². The summed E-state index contributed by atoms with van der Waals surface area (Å²) in [5.74, 6) is 2.47. The lowest BCUT2D eigenvalue weighted by molar-refractivity contribution is -0.675. The van der Waals surface area contributed by atoms with E-state index in [1.165, 1.54) is 4.90 Å². The number of fused-ring (bicyclic) bond motifs is 4. The molecule has 0 saturated heterocycles. The summed E-state index contributed by atoms with van der Waals surface area (Å²) in [6.45, 7) is 2.09. The van der Waals surface area contributed by atoms with Gasteiger partial charge in [0.25, 0.3) is 0 Å². The van der Waals surface area contributed by atoms with Gasteiger partial charge in [0.05, 0.1) is 41.7 Å². The number of nitrogens with zero attached hydrogens (tertiary/aromatic N) is 6. The van der Waals surface area contributed by atoms with Crippen LogP contribution in [0.1, 0.15) is 5.69 Å². The zero-order valence-electron chi connectivity index (χ0n) is 25.2. The summed E-state index contributed by atoms with van der Waals surface area (Å²) in [7, 11) is 1.99. The van der Waals surface area contributed by atoms with Crippen LogP contribution in [0.5, 0.6) is 11.5 Å². The second-order valence-corrected chi connectivity index (χ2v) is 12.5. The molecule has 5 aromatic carbocycles.